The largest absolute Gasteiger partial charge is 0.507 e. The van der Waals surface area contributed by atoms with Crippen LogP contribution in [0.3, 0.4) is 0 Å². The standard InChI is InChI=1S/C13H17N3O/c17-12-7-4-3-6-11(12)10-15-16-13-8-2-1-5-9-14-13/h3-4,6-7,10,17H,1-2,5,8-9H2,(H,14,16). The zero-order valence-electron chi connectivity index (χ0n) is 9.76. The van der Waals surface area contributed by atoms with Crippen LogP contribution in [0.2, 0.25) is 0 Å². The molecule has 1 heterocycles. The van der Waals surface area contributed by atoms with E-state index >= 15 is 0 Å². The first-order valence-corrected chi connectivity index (χ1v) is 5.96. The zero-order valence-corrected chi connectivity index (χ0v) is 9.76. The second-order valence-corrected chi connectivity index (χ2v) is 4.07. The fourth-order valence-electron chi connectivity index (χ4n) is 1.74. The molecule has 0 fully saturated rings. The van der Waals surface area contributed by atoms with Crippen LogP contribution in [0.25, 0.3) is 0 Å². The monoisotopic (exact) mass is 231 g/mol. The highest BCUT2D eigenvalue weighted by atomic mass is 16.3. The van der Waals surface area contributed by atoms with E-state index in [4.69, 9.17) is 0 Å². The van der Waals surface area contributed by atoms with Crippen molar-refractivity contribution in [2.75, 3.05) is 6.54 Å². The van der Waals surface area contributed by atoms with Gasteiger partial charge >= 0.3 is 0 Å². The van der Waals surface area contributed by atoms with Crippen molar-refractivity contribution in [3.63, 3.8) is 0 Å². The predicted octanol–water partition coefficient (Wildman–Crippen LogP) is 2.29. The Labute approximate surface area is 101 Å². The van der Waals surface area contributed by atoms with Crippen molar-refractivity contribution >= 4 is 12.1 Å². The third kappa shape index (κ3) is 3.59. The Kier molecular flexibility index (Phi) is 4.13. The number of hydrogen-bond acceptors (Lipinski definition) is 4. The molecule has 90 valence electrons. The molecule has 0 aliphatic carbocycles. The number of amidine groups is 1. The second-order valence-electron chi connectivity index (χ2n) is 4.07. The number of hydrazone groups is 1. The van der Waals surface area contributed by atoms with Crippen molar-refractivity contribution in [1.29, 1.82) is 0 Å². The van der Waals surface area contributed by atoms with Crippen molar-refractivity contribution in [2.24, 2.45) is 10.1 Å². The maximum absolute atomic E-state index is 9.54. The van der Waals surface area contributed by atoms with E-state index in [2.05, 4.69) is 15.5 Å². The molecule has 4 heteroatoms. The summed E-state index contributed by atoms with van der Waals surface area (Å²) in [6.45, 7) is 0.883. The molecule has 0 aromatic heterocycles. The van der Waals surface area contributed by atoms with Gasteiger partial charge in [0.05, 0.1) is 6.21 Å². The first kappa shape index (κ1) is 11.6. The normalized spacial score (nSPS) is 16.6. The van der Waals surface area contributed by atoms with Crippen LogP contribution in [0.1, 0.15) is 31.2 Å². The first-order chi connectivity index (χ1) is 8.36. The van der Waals surface area contributed by atoms with Gasteiger partial charge in [0.1, 0.15) is 11.6 Å². The average Bonchev–Trinajstić information content (AvgIpc) is 2.60. The summed E-state index contributed by atoms with van der Waals surface area (Å²) in [5, 5.41) is 13.6. The summed E-state index contributed by atoms with van der Waals surface area (Å²) in [6, 6.07) is 7.11. The van der Waals surface area contributed by atoms with Crippen LogP contribution in [-0.2, 0) is 0 Å². The lowest BCUT2D eigenvalue weighted by Crippen LogP contribution is -2.17. The summed E-state index contributed by atoms with van der Waals surface area (Å²) >= 11 is 0. The lowest BCUT2D eigenvalue weighted by atomic mass is 10.2. The molecule has 1 aliphatic heterocycles. The van der Waals surface area contributed by atoms with Gasteiger partial charge in [-0.1, -0.05) is 18.6 Å². The van der Waals surface area contributed by atoms with Gasteiger partial charge in [-0.15, -0.1) is 0 Å². The Morgan fingerprint density at radius 1 is 1.24 bits per heavy atom. The molecule has 1 aromatic rings. The smallest absolute Gasteiger partial charge is 0.124 e. The molecule has 0 spiro atoms. The number of phenolic OH excluding ortho intramolecular Hbond substituents is 1. The third-order valence-electron chi connectivity index (χ3n) is 2.71. The number of rotatable bonds is 2. The predicted molar refractivity (Wildman–Crippen MR) is 69.6 cm³/mol. The molecule has 0 amide bonds. The van der Waals surface area contributed by atoms with Gasteiger partial charge in [-0.3, -0.25) is 10.4 Å². The fourth-order valence-corrected chi connectivity index (χ4v) is 1.74. The van der Waals surface area contributed by atoms with Gasteiger partial charge in [-0.05, 0) is 25.0 Å². The lowest BCUT2D eigenvalue weighted by molar-refractivity contribution is 0.474. The van der Waals surface area contributed by atoms with Crippen LogP contribution in [0.15, 0.2) is 34.4 Å². The molecule has 0 atom stereocenters. The number of aromatic hydroxyl groups is 1. The molecule has 0 bridgehead atoms. The third-order valence-corrected chi connectivity index (χ3v) is 2.71. The van der Waals surface area contributed by atoms with Crippen molar-refractivity contribution in [3.05, 3.63) is 29.8 Å². The van der Waals surface area contributed by atoms with E-state index in [-0.39, 0.29) is 5.75 Å². The Morgan fingerprint density at radius 3 is 3.00 bits per heavy atom. The minimum Gasteiger partial charge on any atom is -0.507 e. The number of nitrogens with one attached hydrogen (secondary N) is 1. The Balaban J connectivity index is 1.93. The zero-order chi connectivity index (χ0) is 11.9. The Morgan fingerprint density at radius 2 is 2.12 bits per heavy atom. The summed E-state index contributed by atoms with van der Waals surface area (Å²) in [4.78, 5) is 4.41. The molecular weight excluding hydrogens is 214 g/mol. The Bertz CT molecular complexity index is 426. The SMILES string of the molecule is Oc1ccccc1C=NNC1=NCCCCC1. The average molecular weight is 231 g/mol. The molecule has 4 nitrogen and oxygen atoms in total. The van der Waals surface area contributed by atoms with Gasteiger partial charge in [0.25, 0.3) is 0 Å². The van der Waals surface area contributed by atoms with Gasteiger partial charge in [-0.2, -0.15) is 5.10 Å². The molecule has 2 N–H and O–H groups in total. The van der Waals surface area contributed by atoms with Gasteiger partial charge in [-0.25, -0.2) is 0 Å². The minimum atomic E-state index is 0.237. The maximum atomic E-state index is 9.54. The van der Waals surface area contributed by atoms with Crippen molar-refractivity contribution < 1.29 is 5.11 Å². The summed E-state index contributed by atoms with van der Waals surface area (Å²) in [7, 11) is 0. The highest BCUT2D eigenvalue weighted by Gasteiger charge is 2.02. The molecule has 1 aliphatic rings. The van der Waals surface area contributed by atoms with Crippen LogP contribution >= 0.6 is 0 Å². The topological polar surface area (TPSA) is 57.0 Å². The number of phenols is 1. The van der Waals surface area contributed by atoms with E-state index in [1.807, 2.05) is 12.1 Å². The number of benzene rings is 1. The molecule has 0 unspecified atom stereocenters. The lowest BCUT2D eigenvalue weighted by Gasteiger charge is -2.02. The summed E-state index contributed by atoms with van der Waals surface area (Å²) in [6.07, 6.45) is 6.13. The van der Waals surface area contributed by atoms with Crippen molar-refractivity contribution in [2.45, 2.75) is 25.7 Å². The van der Waals surface area contributed by atoms with Crippen molar-refractivity contribution in [1.82, 2.24) is 5.43 Å². The number of nitrogens with zero attached hydrogens (tertiary/aromatic N) is 2. The van der Waals surface area contributed by atoms with Gasteiger partial charge in [0, 0.05) is 18.5 Å². The molecule has 17 heavy (non-hydrogen) atoms. The number of hydrogen-bond donors (Lipinski definition) is 2. The molecule has 2 rings (SSSR count). The van der Waals surface area contributed by atoms with Crippen LogP contribution in [0, 0.1) is 0 Å². The maximum Gasteiger partial charge on any atom is 0.124 e. The van der Waals surface area contributed by atoms with Crippen LogP contribution in [0.5, 0.6) is 5.75 Å². The van der Waals surface area contributed by atoms with E-state index in [1.54, 1.807) is 18.3 Å². The quantitative estimate of drug-likeness (QED) is 0.606. The number of para-hydroxylation sites is 1. The summed E-state index contributed by atoms with van der Waals surface area (Å²) < 4.78 is 0. The molecular formula is C13H17N3O. The molecule has 0 saturated carbocycles. The summed E-state index contributed by atoms with van der Waals surface area (Å²) in [5.74, 6) is 1.18. The fraction of sp³-hybridized carbons (Fsp3) is 0.385. The highest BCUT2D eigenvalue weighted by molar-refractivity contribution is 5.86. The van der Waals surface area contributed by atoms with E-state index in [0.29, 0.717) is 5.56 Å². The van der Waals surface area contributed by atoms with E-state index < -0.39 is 0 Å². The highest BCUT2D eigenvalue weighted by Crippen LogP contribution is 2.12. The minimum absolute atomic E-state index is 0.237. The molecule has 1 aromatic carbocycles. The van der Waals surface area contributed by atoms with Gasteiger partial charge in [0.2, 0.25) is 0 Å². The van der Waals surface area contributed by atoms with Gasteiger partial charge < -0.3 is 5.11 Å². The van der Waals surface area contributed by atoms with E-state index in [0.717, 1.165) is 31.6 Å². The van der Waals surface area contributed by atoms with Gasteiger partial charge in [0.15, 0.2) is 0 Å². The second kappa shape index (κ2) is 6.03. The van der Waals surface area contributed by atoms with Crippen LogP contribution in [-0.4, -0.2) is 23.7 Å². The van der Waals surface area contributed by atoms with E-state index in [9.17, 15) is 5.11 Å². The van der Waals surface area contributed by atoms with Crippen molar-refractivity contribution in [3.8, 4) is 5.75 Å². The molecule has 0 saturated heterocycles. The van der Waals surface area contributed by atoms with Crippen LogP contribution in [0.4, 0.5) is 0 Å². The molecule has 0 radical (unpaired) electrons. The summed E-state index contributed by atoms with van der Waals surface area (Å²) in [5.41, 5.74) is 3.65. The first-order valence-electron chi connectivity index (χ1n) is 5.96. The van der Waals surface area contributed by atoms with Crippen LogP contribution < -0.4 is 5.43 Å². The van der Waals surface area contributed by atoms with E-state index in [1.165, 1.54) is 6.42 Å². The Hall–Kier alpha value is -1.84. The number of aliphatic imine (C=N–C) groups is 1.